The molecule has 2 heterocycles. The van der Waals surface area contributed by atoms with Gasteiger partial charge in [0.15, 0.2) is 0 Å². The second-order valence-electron chi connectivity index (χ2n) is 4.91. The molecular formula is C14H17N3O4. The zero-order valence-corrected chi connectivity index (χ0v) is 12.1. The van der Waals surface area contributed by atoms with Crippen LogP contribution in [0.4, 0.5) is 0 Å². The molecule has 0 aliphatic carbocycles. The lowest BCUT2D eigenvalue weighted by molar-refractivity contribution is -0.139. The minimum atomic E-state index is -1.05. The van der Waals surface area contributed by atoms with Gasteiger partial charge in [0.2, 0.25) is 0 Å². The van der Waals surface area contributed by atoms with Crippen molar-refractivity contribution in [1.82, 2.24) is 15.5 Å². The van der Waals surface area contributed by atoms with E-state index in [4.69, 9.17) is 9.63 Å². The smallest absolute Gasteiger partial charge is 0.326 e. The first-order chi connectivity index (χ1) is 9.93. The molecule has 21 heavy (non-hydrogen) atoms. The number of rotatable bonds is 5. The van der Waals surface area contributed by atoms with E-state index in [1.165, 1.54) is 0 Å². The van der Waals surface area contributed by atoms with Crippen molar-refractivity contribution in [1.29, 1.82) is 0 Å². The number of nitrogens with zero attached hydrogens (tertiary/aromatic N) is 2. The van der Waals surface area contributed by atoms with Gasteiger partial charge in [-0.15, -0.1) is 0 Å². The molecule has 0 saturated carbocycles. The Bertz CT molecular complexity index is 693. The first-order valence-electron chi connectivity index (χ1n) is 6.71. The molecule has 0 aliphatic heterocycles. The van der Waals surface area contributed by atoms with Gasteiger partial charge in [0, 0.05) is 5.69 Å². The van der Waals surface area contributed by atoms with Gasteiger partial charge in [0.1, 0.15) is 6.04 Å². The van der Waals surface area contributed by atoms with Crippen molar-refractivity contribution < 1.29 is 19.2 Å². The van der Waals surface area contributed by atoms with E-state index < -0.39 is 17.9 Å². The highest BCUT2D eigenvalue weighted by molar-refractivity contribution is 6.07. The van der Waals surface area contributed by atoms with Crippen LogP contribution in [0.15, 0.2) is 10.6 Å². The highest BCUT2D eigenvalue weighted by atomic mass is 16.5. The molecule has 1 amide bonds. The van der Waals surface area contributed by atoms with E-state index in [2.05, 4.69) is 15.5 Å². The number of hydrogen-bond donors (Lipinski definition) is 2. The molecule has 7 heteroatoms. The van der Waals surface area contributed by atoms with Gasteiger partial charge in [-0.25, -0.2) is 9.78 Å². The maximum Gasteiger partial charge on any atom is 0.326 e. The Hall–Kier alpha value is -2.44. The molecule has 2 rings (SSSR count). The molecule has 7 nitrogen and oxygen atoms in total. The highest BCUT2D eigenvalue weighted by Gasteiger charge is 2.23. The number of aryl methyl sites for hydroxylation is 2. The Morgan fingerprint density at radius 2 is 2.14 bits per heavy atom. The summed E-state index contributed by atoms with van der Waals surface area (Å²) >= 11 is 0. The molecule has 2 aromatic heterocycles. The van der Waals surface area contributed by atoms with Crippen LogP contribution in [0.25, 0.3) is 11.1 Å². The van der Waals surface area contributed by atoms with Crippen molar-refractivity contribution in [3.63, 3.8) is 0 Å². The summed E-state index contributed by atoms with van der Waals surface area (Å²) in [4.78, 5) is 27.7. The summed E-state index contributed by atoms with van der Waals surface area (Å²) in [5.41, 5.74) is 1.76. The molecule has 2 aromatic rings. The van der Waals surface area contributed by atoms with E-state index >= 15 is 0 Å². The molecule has 0 unspecified atom stereocenters. The van der Waals surface area contributed by atoms with Crippen LogP contribution in [0.2, 0.25) is 0 Å². The van der Waals surface area contributed by atoms with Crippen LogP contribution < -0.4 is 5.32 Å². The van der Waals surface area contributed by atoms with Crippen molar-refractivity contribution in [2.75, 3.05) is 0 Å². The zero-order valence-electron chi connectivity index (χ0n) is 12.1. The molecule has 0 spiro atoms. The lowest BCUT2D eigenvalue weighted by Crippen LogP contribution is -2.40. The third kappa shape index (κ3) is 3.01. The van der Waals surface area contributed by atoms with Gasteiger partial charge in [-0.05, 0) is 26.3 Å². The van der Waals surface area contributed by atoms with Crippen molar-refractivity contribution in [2.45, 2.75) is 39.7 Å². The lowest BCUT2D eigenvalue weighted by atomic mass is 10.1. The summed E-state index contributed by atoms with van der Waals surface area (Å²) in [6.45, 7) is 5.30. The van der Waals surface area contributed by atoms with Crippen LogP contribution in [0, 0.1) is 13.8 Å². The fraction of sp³-hybridized carbons (Fsp3) is 0.429. The molecule has 1 atom stereocenters. The van der Waals surface area contributed by atoms with Crippen LogP contribution >= 0.6 is 0 Å². The van der Waals surface area contributed by atoms with E-state index in [1.54, 1.807) is 19.9 Å². The van der Waals surface area contributed by atoms with Crippen molar-refractivity contribution in [3.8, 4) is 0 Å². The molecule has 0 radical (unpaired) electrons. The SMILES string of the molecule is CCC[C@H](NC(=O)c1cc(C)nc2onc(C)c12)C(=O)O. The summed E-state index contributed by atoms with van der Waals surface area (Å²) < 4.78 is 5.06. The number of aliphatic carboxylic acids is 1. The Balaban J connectivity index is 2.39. The van der Waals surface area contributed by atoms with Crippen LogP contribution in [0.1, 0.15) is 41.5 Å². The number of carbonyl (C=O) groups excluding carboxylic acids is 1. The van der Waals surface area contributed by atoms with Crippen molar-refractivity contribution in [2.24, 2.45) is 0 Å². The predicted octanol–water partition coefficient (Wildman–Crippen LogP) is 1.82. The van der Waals surface area contributed by atoms with E-state index in [0.717, 1.165) is 0 Å². The fourth-order valence-corrected chi connectivity index (χ4v) is 2.18. The normalized spacial score (nSPS) is 12.3. The van der Waals surface area contributed by atoms with Gasteiger partial charge in [0.05, 0.1) is 16.6 Å². The number of carboxylic acids is 1. The molecule has 0 bridgehead atoms. The molecule has 0 fully saturated rings. The first kappa shape index (κ1) is 15.0. The number of carbonyl (C=O) groups is 2. The molecular weight excluding hydrogens is 274 g/mol. The van der Waals surface area contributed by atoms with Crippen LogP contribution in [-0.2, 0) is 4.79 Å². The number of amides is 1. The van der Waals surface area contributed by atoms with Gasteiger partial charge in [-0.2, -0.15) is 0 Å². The van der Waals surface area contributed by atoms with Gasteiger partial charge in [-0.3, -0.25) is 4.79 Å². The zero-order chi connectivity index (χ0) is 15.6. The summed E-state index contributed by atoms with van der Waals surface area (Å²) in [5, 5.41) is 16.0. The minimum Gasteiger partial charge on any atom is -0.480 e. The number of hydrogen-bond acceptors (Lipinski definition) is 5. The Morgan fingerprint density at radius 1 is 1.43 bits per heavy atom. The average Bonchev–Trinajstić information content (AvgIpc) is 2.78. The lowest BCUT2D eigenvalue weighted by Gasteiger charge is -2.14. The topological polar surface area (TPSA) is 105 Å². The molecule has 0 aliphatic rings. The maximum absolute atomic E-state index is 12.4. The van der Waals surface area contributed by atoms with Gasteiger partial charge in [-0.1, -0.05) is 18.5 Å². The van der Waals surface area contributed by atoms with Crippen LogP contribution in [-0.4, -0.2) is 33.2 Å². The van der Waals surface area contributed by atoms with Crippen LogP contribution in [0.5, 0.6) is 0 Å². The molecule has 0 saturated heterocycles. The predicted molar refractivity (Wildman–Crippen MR) is 75.1 cm³/mol. The van der Waals surface area contributed by atoms with E-state index in [-0.39, 0.29) is 5.71 Å². The number of nitrogens with one attached hydrogen (secondary N) is 1. The highest BCUT2D eigenvalue weighted by Crippen LogP contribution is 2.22. The average molecular weight is 291 g/mol. The summed E-state index contributed by atoms with van der Waals surface area (Å²) in [5.74, 6) is -1.51. The second kappa shape index (κ2) is 5.90. The molecule has 112 valence electrons. The van der Waals surface area contributed by atoms with E-state index in [0.29, 0.717) is 35.2 Å². The Morgan fingerprint density at radius 3 is 2.76 bits per heavy atom. The number of aromatic nitrogens is 2. The number of fused-ring (bicyclic) bond motifs is 1. The quantitative estimate of drug-likeness (QED) is 0.870. The van der Waals surface area contributed by atoms with Gasteiger partial charge < -0.3 is 14.9 Å². The Kier molecular flexibility index (Phi) is 4.21. The summed E-state index contributed by atoms with van der Waals surface area (Å²) in [6.07, 6.45) is 1.03. The van der Waals surface area contributed by atoms with E-state index in [1.807, 2.05) is 6.92 Å². The Labute approximate surface area is 121 Å². The summed E-state index contributed by atoms with van der Waals surface area (Å²) in [7, 11) is 0. The third-order valence-electron chi connectivity index (χ3n) is 3.17. The minimum absolute atomic E-state index is 0.278. The maximum atomic E-state index is 12.4. The number of pyridine rings is 1. The van der Waals surface area contributed by atoms with Gasteiger partial charge >= 0.3 is 5.97 Å². The molecule has 0 aromatic carbocycles. The largest absolute Gasteiger partial charge is 0.480 e. The van der Waals surface area contributed by atoms with Crippen molar-refractivity contribution in [3.05, 3.63) is 23.0 Å². The van der Waals surface area contributed by atoms with Crippen LogP contribution in [0.3, 0.4) is 0 Å². The number of carboxylic acid groups (broad SMARTS) is 1. The van der Waals surface area contributed by atoms with E-state index in [9.17, 15) is 9.59 Å². The fourth-order valence-electron chi connectivity index (χ4n) is 2.18. The van der Waals surface area contributed by atoms with Crippen molar-refractivity contribution >= 4 is 23.0 Å². The third-order valence-corrected chi connectivity index (χ3v) is 3.17. The standard InChI is InChI=1S/C14H17N3O4/c1-4-5-10(14(19)20)16-12(18)9-6-7(2)15-13-11(9)8(3)17-21-13/h6,10H,4-5H2,1-3H3,(H,16,18)(H,19,20)/t10-/m0/s1. The second-order valence-corrected chi connectivity index (χ2v) is 4.91. The van der Waals surface area contributed by atoms with Gasteiger partial charge in [0.25, 0.3) is 11.6 Å². The monoisotopic (exact) mass is 291 g/mol. The summed E-state index contributed by atoms with van der Waals surface area (Å²) in [6, 6.07) is 0.693. The first-order valence-corrected chi connectivity index (χ1v) is 6.71. The molecule has 2 N–H and O–H groups in total.